The second kappa shape index (κ2) is 9.35. The van der Waals surface area contributed by atoms with Gasteiger partial charge in [-0.15, -0.1) is 20.4 Å². The first-order valence-corrected chi connectivity index (χ1v) is 11.6. The summed E-state index contributed by atoms with van der Waals surface area (Å²) in [5.74, 6) is 0.348. The summed E-state index contributed by atoms with van der Waals surface area (Å²) < 4.78 is 27.7. The molecule has 0 spiro atoms. The highest BCUT2D eigenvalue weighted by Gasteiger charge is 2.15. The second-order valence-electron chi connectivity index (χ2n) is 5.42. The highest BCUT2D eigenvalue weighted by atomic mass is 35.5. The van der Waals surface area contributed by atoms with Gasteiger partial charge >= 0.3 is 0 Å². The lowest BCUT2D eigenvalue weighted by molar-refractivity contribution is -0.115. The molecule has 1 aromatic carbocycles. The molecule has 14 heteroatoms. The summed E-state index contributed by atoms with van der Waals surface area (Å²) in [6, 6.07) is 8.57. The van der Waals surface area contributed by atoms with Crippen molar-refractivity contribution in [3.05, 3.63) is 41.6 Å². The topological polar surface area (TPSA) is 153 Å². The van der Waals surface area contributed by atoms with Crippen LogP contribution in [0, 0.1) is 0 Å². The molecule has 1 amide bonds. The number of rotatable bonds is 8. The van der Waals surface area contributed by atoms with E-state index in [0.29, 0.717) is 20.9 Å². The van der Waals surface area contributed by atoms with Gasteiger partial charge in [-0.25, -0.2) is 8.42 Å². The minimum Gasteiger partial charge on any atom is -0.374 e. The van der Waals surface area contributed by atoms with Gasteiger partial charge in [0.25, 0.3) is 10.0 Å². The molecule has 0 aliphatic heterocycles. The number of hydrogen-bond donors (Lipinski definition) is 3. The summed E-state index contributed by atoms with van der Waals surface area (Å²) in [5.41, 5.74) is 5.97. The van der Waals surface area contributed by atoms with Crippen LogP contribution in [0.2, 0.25) is 5.15 Å². The van der Waals surface area contributed by atoms with Crippen LogP contribution in [0.3, 0.4) is 0 Å². The molecule has 0 saturated carbocycles. The number of nitrogens with two attached hydrogens (primary N) is 1. The Labute approximate surface area is 179 Å². The van der Waals surface area contributed by atoms with Crippen LogP contribution in [0.4, 0.5) is 16.6 Å². The highest BCUT2D eigenvalue weighted by molar-refractivity contribution is 8.01. The van der Waals surface area contributed by atoms with E-state index in [0.717, 1.165) is 0 Å². The molecule has 3 rings (SSSR count). The molecule has 29 heavy (non-hydrogen) atoms. The minimum absolute atomic E-state index is 0.0108. The van der Waals surface area contributed by atoms with E-state index in [4.69, 9.17) is 17.3 Å². The largest absolute Gasteiger partial charge is 0.374 e. The maximum absolute atomic E-state index is 12.4. The fraction of sp³-hybridized carbons (Fsp3) is 0.133. The maximum Gasteiger partial charge on any atom is 0.263 e. The van der Waals surface area contributed by atoms with Crippen molar-refractivity contribution in [2.45, 2.75) is 15.7 Å². The number of hydrogen-bond acceptors (Lipinski definition) is 10. The van der Waals surface area contributed by atoms with E-state index in [9.17, 15) is 13.2 Å². The summed E-state index contributed by atoms with van der Waals surface area (Å²) >= 11 is 8.27. The fourth-order valence-electron chi connectivity index (χ4n) is 2.02. The van der Waals surface area contributed by atoms with Crippen LogP contribution < -0.4 is 15.8 Å². The highest BCUT2D eigenvalue weighted by Crippen LogP contribution is 2.24. The summed E-state index contributed by atoms with van der Waals surface area (Å²) in [4.78, 5) is 12.0. The van der Waals surface area contributed by atoms with Crippen LogP contribution in [-0.2, 0) is 14.8 Å². The zero-order valence-corrected chi connectivity index (χ0v) is 17.8. The van der Waals surface area contributed by atoms with Crippen molar-refractivity contribution in [2.24, 2.45) is 0 Å². The Morgan fingerprint density at radius 3 is 2.48 bits per heavy atom. The quantitative estimate of drug-likeness (QED) is 0.420. The van der Waals surface area contributed by atoms with Crippen molar-refractivity contribution in [1.29, 1.82) is 0 Å². The Hall–Kier alpha value is -2.48. The molecule has 152 valence electrons. The summed E-state index contributed by atoms with van der Waals surface area (Å²) in [6.45, 7) is 0. The number of nitrogens with one attached hydrogen (secondary N) is 2. The van der Waals surface area contributed by atoms with E-state index in [-0.39, 0.29) is 28.2 Å². The van der Waals surface area contributed by atoms with E-state index < -0.39 is 10.0 Å². The number of nitrogen functional groups attached to an aromatic ring is 1. The predicted molar refractivity (Wildman–Crippen MR) is 113 cm³/mol. The molecule has 0 unspecified atom stereocenters. The third-order valence-electron chi connectivity index (χ3n) is 3.30. The number of nitrogens with zero attached hydrogens (tertiary/aromatic N) is 4. The van der Waals surface area contributed by atoms with E-state index in [2.05, 4.69) is 30.4 Å². The number of sulfonamides is 1. The molecule has 3 aromatic rings. The molecular formula is C15H14ClN7O3S3. The number of carbonyl (C=O) groups excluding carboxylic acids is 1. The number of aromatic nitrogens is 4. The monoisotopic (exact) mass is 471 g/mol. The smallest absolute Gasteiger partial charge is 0.263 e. The van der Waals surface area contributed by atoms with Crippen molar-refractivity contribution in [3.63, 3.8) is 0 Å². The summed E-state index contributed by atoms with van der Waals surface area (Å²) in [5, 5.41) is 18.0. The molecule has 0 bridgehead atoms. The average molecular weight is 472 g/mol. The van der Waals surface area contributed by atoms with Gasteiger partial charge in [-0.3, -0.25) is 9.52 Å². The molecule has 0 saturated heterocycles. The first-order valence-electron chi connectivity index (χ1n) is 7.95. The van der Waals surface area contributed by atoms with Crippen molar-refractivity contribution in [1.82, 2.24) is 20.4 Å². The van der Waals surface area contributed by atoms with E-state index in [1.165, 1.54) is 59.5 Å². The van der Waals surface area contributed by atoms with E-state index >= 15 is 0 Å². The molecular weight excluding hydrogens is 458 g/mol. The predicted octanol–water partition coefficient (Wildman–Crippen LogP) is 2.49. The molecule has 0 aliphatic rings. The van der Waals surface area contributed by atoms with Gasteiger partial charge in [-0.05, 0) is 36.4 Å². The molecule has 2 aromatic heterocycles. The lowest BCUT2D eigenvalue weighted by atomic mass is 10.3. The molecule has 0 aliphatic carbocycles. The second-order valence-corrected chi connectivity index (χ2v) is 9.84. The Morgan fingerprint density at radius 1 is 1.10 bits per heavy atom. The number of halogens is 1. The lowest BCUT2D eigenvalue weighted by Crippen LogP contribution is -2.15. The van der Waals surface area contributed by atoms with Crippen molar-refractivity contribution >= 4 is 67.3 Å². The zero-order valence-electron chi connectivity index (χ0n) is 14.6. The third kappa shape index (κ3) is 6.25. The van der Waals surface area contributed by atoms with Crippen LogP contribution >= 0.6 is 34.7 Å². The van der Waals surface area contributed by atoms with Gasteiger partial charge in [0.2, 0.25) is 11.0 Å². The van der Waals surface area contributed by atoms with Gasteiger partial charge in [0.05, 0.1) is 4.90 Å². The average Bonchev–Trinajstić information content (AvgIpc) is 3.09. The number of thioether (sulfide) groups is 1. The molecule has 10 nitrogen and oxygen atoms in total. The number of carbonyl (C=O) groups is 1. The normalized spacial score (nSPS) is 11.2. The van der Waals surface area contributed by atoms with Crippen molar-refractivity contribution in [2.75, 3.05) is 21.5 Å². The van der Waals surface area contributed by atoms with Gasteiger partial charge < -0.3 is 11.1 Å². The number of benzene rings is 1. The van der Waals surface area contributed by atoms with Crippen LogP contribution in [0.5, 0.6) is 0 Å². The number of amides is 1. The molecule has 0 radical (unpaired) electrons. The Balaban J connectivity index is 1.53. The first kappa shape index (κ1) is 21.2. The first-order chi connectivity index (χ1) is 13.8. The fourth-order valence-corrected chi connectivity index (χ4v) is 4.76. The van der Waals surface area contributed by atoms with Gasteiger partial charge in [-0.1, -0.05) is 34.7 Å². The van der Waals surface area contributed by atoms with Crippen LogP contribution in [0.15, 0.2) is 45.6 Å². The van der Waals surface area contributed by atoms with Crippen LogP contribution in [0.1, 0.15) is 6.42 Å². The lowest BCUT2D eigenvalue weighted by Gasteiger charge is -2.08. The Morgan fingerprint density at radius 2 is 1.86 bits per heavy atom. The molecule has 2 heterocycles. The van der Waals surface area contributed by atoms with Gasteiger partial charge in [0, 0.05) is 17.9 Å². The van der Waals surface area contributed by atoms with E-state index in [1.807, 2.05) is 0 Å². The SMILES string of the molecule is Nc1nnc(SCCC(=O)Nc2ccc(S(=O)(=O)Nc3ccc(Cl)nn3)cc2)s1. The van der Waals surface area contributed by atoms with Crippen molar-refractivity contribution in [3.8, 4) is 0 Å². The van der Waals surface area contributed by atoms with Crippen LogP contribution in [0.25, 0.3) is 0 Å². The third-order valence-corrected chi connectivity index (χ3v) is 6.76. The maximum atomic E-state index is 12.4. The summed E-state index contributed by atoms with van der Waals surface area (Å²) in [6.07, 6.45) is 0.251. The van der Waals surface area contributed by atoms with Crippen LogP contribution in [-0.4, -0.2) is 40.5 Å². The van der Waals surface area contributed by atoms with Gasteiger partial charge in [-0.2, -0.15) is 0 Å². The van der Waals surface area contributed by atoms with Gasteiger partial charge in [0.15, 0.2) is 15.3 Å². The Bertz CT molecular complexity index is 1090. The van der Waals surface area contributed by atoms with Crippen molar-refractivity contribution < 1.29 is 13.2 Å². The molecule has 0 atom stereocenters. The molecule has 4 N–H and O–H groups in total. The minimum atomic E-state index is -3.85. The number of anilines is 3. The Kier molecular flexibility index (Phi) is 6.84. The van der Waals surface area contributed by atoms with E-state index in [1.54, 1.807) is 0 Å². The van der Waals surface area contributed by atoms with Gasteiger partial charge in [0.1, 0.15) is 0 Å². The standard InChI is InChI=1S/C15H14ClN7O3S3/c16-11-5-6-12(20-19-11)23-29(25,26)10-3-1-9(2-4-10)18-13(24)7-8-27-15-22-21-14(17)28-15/h1-6H,7-8H2,(H2,17,21)(H,18,24)(H,20,23). The summed E-state index contributed by atoms with van der Waals surface area (Å²) in [7, 11) is -3.85. The molecule has 0 fully saturated rings. The zero-order chi connectivity index (χ0) is 20.9.